The van der Waals surface area contributed by atoms with Crippen LogP contribution in [-0.2, 0) is 4.74 Å². The standard InChI is InChI=1S/C16H26N2O2/c1-13(17)12-18(2)7-10-19-8-5-14-3-4-16-15(11-14)6-9-20-16/h4,6,9,11,13-14H,3,5,7-8,10,12,17H2,1-2H3. The molecular weight excluding hydrogens is 252 g/mol. The van der Waals surface area contributed by atoms with Crippen LogP contribution in [0.3, 0.4) is 0 Å². The summed E-state index contributed by atoms with van der Waals surface area (Å²) in [6.07, 6.45) is 8.35. The van der Waals surface area contributed by atoms with Crippen molar-refractivity contribution >= 4 is 12.2 Å². The molecule has 0 aromatic carbocycles. The average Bonchev–Trinajstić information content (AvgIpc) is 2.84. The molecule has 0 spiro atoms. The van der Waals surface area contributed by atoms with Crippen LogP contribution in [0.1, 0.15) is 19.8 Å². The topological polar surface area (TPSA) is 51.6 Å². The van der Waals surface area contributed by atoms with Gasteiger partial charge < -0.3 is 19.8 Å². The van der Waals surface area contributed by atoms with Crippen molar-refractivity contribution in [3.8, 4) is 0 Å². The van der Waals surface area contributed by atoms with Gasteiger partial charge in [0.25, 0.3) is 0 Å². The maximum Gasteiger partial charge on any atom is 0.129 e. The lowest BCUT2D eigenvalue weighted by Gasteiger charge is -2.19. The molecule has 112 valence electrons. The molecule has 0 bridgehead atoms. The fourth-order valence-corrected chi connectivity index (χ4v) is 2.56. The van der Waals surface area contributed by atoms with Crippen molar-refractivity contribution < 1.29 is 9.15 Å². The lowest BCUT2D eigenvalue weighted by Crippen LogP contribution is -2.34. The number of hydrogen-bond acceptors (Lipinski definition) is 4. The first-order chi connectivity index (χ1) is 9.65. The zero-order valence-electron chi connectivity index (χ0n) is 12.5. The third-order valence-electron chi connectivity index (χ3n) is 3.60. The second kappa shape index (κ2) is 7.62. The first-order valence-corrected chi connectivity index (χ1v) is 7.42. The normalized spacial score (nSPS) is 19.3. The number of nitrogens with zero attached hydrogens (tertiary/aromatic N) is 1. The Balaban J connectivity index is 1.61. The van der Waals surface area contributed by atoms with Crippen molar-refractivity contribution in [2.75, 3.05) is 33.4 Å². The van der Waals surface area contributed by atoms with E-state index in [0.717, 1.165) is 44.6 Å². The summed E-state index contributed by atoms with van der Waals surface area (Å²) in [5, 5.41) is 1.22. The van der Waals surface area contributed by atoms with E-state index in [1.54, 1.807) is 6.26 Å². The van der Waals surface area contributed by atoms with Gasteiger partial charge in [0.05, 0.1) is 12.9 Å². The molecule has 4 nitrogen and oxygen atoms in total. The van der Waals surface area contributed by atoms with Crippen LogP contribution in [0.4, 0.5) is 0 Å². The molecule has 0 saturated heterocycles. The van der Waals surface area contributed by atoms with Gasteiger partial charge in [0, 0.05) is 31.0 Å². The fraction of sp³-hybridized carbons (Fsp3) is 0.625. The molecule has 0 saturated carbocycles. The lowest BCUT2D eigenvalue weighted by molar-refractivity contribution is 0.104. The van der Waals surface area contributed by atoms with Crippen LogP contribution in [0, 0.1) is 5.92 Å². The van der Waals surface area contributed by atoms with Crippen molar-refractivity contribution in [1.82, 2.24) is 4.90 Å². The van der Waals surface area contributed by atoms with Crippen molar-refractivity contribution in [1.29, 1.82) is 0 Å². The maximum absolute atomic E-state index is 5.75. The van der Waals surface area contributed by atoms with E-state index in [1.807, 2.05) is 13.0 Å². The third-order valence-corrected chi connectivity index (χ3v) is 3.60. The van der Waals surface area contributed by atoms with Gasteiger partial charge in [0.15, 0.2) is 0 Å². The van der Waals surface area contributed by atoms with Gasteiger partial charge in [-0.25, -0.2) is 0 Å². The second-order valence-electron chi connectivity index (χ2n) is 5.75. The van der Waals surface area contributed by atoms with Crippen LogP contribution in [0.25, 0.3) is 12.2 Å². The Hall–Kier alpha value is -1.10. The Morgan fingerprint density at radius 3 is 3.15 bits per heavy atom. The van der Waals surface area contributed by atoms with Gasteiger partial charge in [0.2, 0.25) is 0 Å². The molecule has 0 aliphatic heterocycles. The van der Waals surface area contributed by atoms with Crippen LogP contribution >= 0.6 is 0 Å². The van der Waals surface area contributed by atoms with Gasteiger partial charge in [0.1, 0.15) is 5.42 Å². The van der Waals surface area contributed by atoms with Crippen LogP contribution in [0.2, 0.25) is 0 Å². The number of likely N-dealkylation sites (N-methyl/N-ethyl adjacent to an activating group) is 1. The van der Waals surface area contributed by atoms with Gasteiger partial charge in [-0.1, -0.05) is 6.08 Å². The third kappa shape index (κ3) is 4.78. The van der Waals surface area contributed by atoms with Gasteiger partial charge in [-0.2, -0.15) is 0 Å². The highest BCUT2D eigenvalue weighted by atomic mass is 16.5. The predicted molar refractivity (Wildman–Crippen MR) is 81.6 cm³/mol. The molecule has 20 heavy (non-hydrogen) atoms. The van der Waals surface area contributed by atoms with Crippen LogP contribution in [-0.4, -0.2) is 44.3 Å². The number of nitrogens with two attached hydrogens (primary N) is 1. The fourth-order valence-electron chi connectivity index (χ4n) is 2.56. The van der Waals surface area contributed by atoms with Crippen molar-refractivity contribution in [3.05, 3.63) is 23.0 Å². The van der Waals surface area contributed by atoms with E-state index in [4.69, 9.17) is 14.9 Å². The van der Waals surface area contributed by atoms with E-state index in [0.29, 0.717) is 5.92 Å². The summed E-state index contributed by atoms with van der Waals surface area (Å²) in [6.45, 7) is 5.47. The highest BCUT2D eigenvalue weighted by Crippen LogP contribution is 2.13. The molecular formula is C16H26N2O2. The molecule has 1 aromatic heterocycles. The van der Waals surface area contributed by atoms with Gasteiger partial charge >= 0.3 is 0 Å². The molecule has 4 heteroatoms. The van der Waals surface area contributed by atoms with Crippen molar-refractivity contribution in [2.24, 2.45) is 11.7 Å². The van der Waals surface area contributed by atoms with Crippen molar-refractivity contribution in [2.45, 2.75) is 25.8 Å². The number of ether oxygens (including phenoxy) is 1. The van der Waals surface area contributed by atoms with E-state index in [2.05, 4.69) is 24.1 Å². The Kier molecular flexibility index (Phi) is 5.83. The summed E-state index contributed by atoms with van der Waals surface area (Å²) in [5.41, 5.74) is 6.77. The summed E-state index contributed by atoms with van der Waals surface area (Å²) in [4.78, 5) is 2.21. The SMILES string of the molecule is CC(N)CN(C)CCOCCC1C=c2ccoc2=CC1. The van der Waals surface area contributed by atoms with Crippen molar-refractivity contribution in [3.63, 3.8) is 0 Å². The molecule has 2 rings (SSSR count). The Morgan fingerprint density at radius 2 is 2.35 bits per heavy atom. The Bertz CT molecular complexity index is 507. The van der Waals surface area contributed by atoms with Gasteiger partial charge in [-0.15, -0.1) is 0 Å². The van der Waals surface area contributed by atoms with Crippen LogP contribution in [0.15, 0.2) is 16.7 Å². The molecule has 0 fully saturated rings. The molecule has 0 amide bonds. The molecule has 0 radical (unpaired) electrons. The maximum atomic E-state index is 5.75. The lowest BCUT2D eigenvalue weighted by atomic mass is 9.97. The van der Waals surface area contributed by atoms with E-state index in [1.165, 1.54) is 5.22 Å². The number of fused-ring (bicyclic) bond motifs is 1. The summed E-state index contributed by atoms with van der Waals surface area (Å²) in [6, 6.07) is 2.25. The minimum atomic E-state index is 0.219. The largest absolute Gasteiger partial charge is 0.465 e. The zero-order chi connectivity index (χ0) is 14.4. The highest BCUT2D eigenvalue weighted by Gasteiger charge is 2.09. The Morgan fingerprint density at radius 1 is 1.50 bits per heavy atom. The second-order valence-corrected chi connectivity index (χ2v) is 5.75. The number of hydrogen-bond donors (Lipinski definition) is 1. The smallest absolute Gasteiger partial charge is 0.129 e. The minimum Gasteiger partial charge on any atom is -0.465 e. The first kappa shape index (κ1) is 15.3. The molecule has 1 aliphatic carbocycles. The predicted octanol–water partition coefficient (Wildman–Crippen LogP) is 0.546. The average molecular weight is 278 g/mol. The zero-order valence-corrected chi connectivity index (χ0v) is 12.5. The van der Waals surface area contributed by atoms with E-state index in [-0.39, 0.29) is 6.04 Å². The van der Waals surface area contributed by atoms with Crippen LogP contribution in [0.5, 0.6) is 0 Å². The molecule has 1 heterocycles. The van der Waals surface area contributed by atoms with Crippen LogP contribution < -0.4 is 16.4 Å². The highest BCUT2D eigenvalue weighted by molar-refractivity contribution is 5.37. The van der Waals surface area contributed by atoms with Gasteiger partial charge in [-0.05, 0) is 44.9 Å². The first-order valence-electron chi connectivity index (χ1n) is 7.42. The summed E-state index contributed by atoms with van der Waals surface area (Å²) in [7, 11) is 2.08. The molecule has 1 aliphatic rings. The summed E-state index contributed by atoms with van der Waals surface area (Å²) < 4.78 is 11.1. The molecule has 2 atom stereocenters. The number of furan rings is 1. The van der Waals surface area contributed by atoms with Gasteiger partial charge in [-0.3, -0.25) is 0 Å². The monoisotopic (exact) mass is 278 g/mol. The minimum absolute atomic E-state index is 0.219. The number of rotatable bonds is 8. The summed E-state index contributed by atoms with van der Waals surface area (Å²) in [5.74, 6) is 0.571. The molecule has 1 aromatic rings. The Labute approximate surface area is 120 Å². The quantitative estimate of drug-likeness (QED) is 0.706. The molecule has 2 N–H and O–H groups in total. The molecule has 2 unspecified atom stereocenters. The van der Waals surface area contributed by atoms with E-state index < -0.39 is 0 Å². The summed E-state index contributed by atoms with van der Waals surface area (Å²) >= 11 is 0. The van der Waals surface area contributed by atoms with E-state index >= 15 is 0 Å². The van der Waals surface area contributed by atoms with E-state index in [9.17, 15) is 0 Å².